The molecular weight excluding hydrogens is 370 g/mol. The van der Waals surface area contributed by atoms with Crippen molar-refractivity contribution in [2.45, 2.75) is 59.3 Å². The Balaban J connectivity index is 2.16. The number of benzene rings is 2. The van der Waals surface area contributed by atoms with Crippen molar-refractivity contribution in [3.63, 3.8) is 0 Å². The van der Waals surface area contributed by atoms with Crippen molar-refractivity contribution in [2.24, 2.45) is 10.9 Å². The van der Waals surface area contributed by atoms with Gasteiger partial charge in [0.05, 0.1) is 17.9 Å². The lowest BCUT2D eigenvalue weighted by Gasteiger charge is -2.09. The van der Waals surface area contributed by atoms with Crippen molar-refractivity contribution < 1.29 is 9.53 Å². The van der Waals surface area contributed by atoms with Crippen LogP contribution in [0.1, 0.15) is 75.2 Å². The third-order valence-electron chi connectivity index (χ3n) is 4.89. The zero-order valence-corrected chi connectivity index (χ0v) is 18.6. The van der Waals surface area contributed by atoms with Crippen LogP contribution >= 0.6 is 0 Å². The molecule has 30 heavy (non-hydrogen) atoms. The lowest BCUT2D eigenvalue weighted by atomic mass is 10.0. The van der Waals surface area contributed by atoms with Crippen LogP contribution in [0.5, 0.6) is 0 Å². The monoisotopic (exact) mass is 405 g/mol. The fraction of sp³-hybridized carbons (Fsp3) is 0.407. The number of unbranched alkanes of at least 4 members (excludes halogenated alkanes) is 3. The van der Waals surface area contributed by atoms with Crippen molar-refractivity contribution in [2.75, 3.05) is 6.61 Å². The van der Waals surface area contributed by atoms with Gasteiger partial charge >= 0.3 is 5.97 Å². The Morgan fingerprint density at radius 2 is 1.73 bits per heavy atom. The van der Waals surface area contributed by atoms with E-state index >= 15 is 0 Å². The molecular formula is C27H35NO2. The van der Waals surface area contributed by atoms with Crippen molar-refractivity contribution in [1.82, 2.24) is 0 Å². The molecule has 0 fully saturated rings. The summed E-state index contributed by atoms with van der Waals surface area (Å²) in [4.78, 5) is 17.2. The number of carbonyl (C=O) groups excluding carboxylic acids is 1. The Bertz CT molecular complexity index is 822. The van der Waals surface area contributed by atoms with E-state index in [4.69, 9.17) is 4.74 Å². The molecule has 0 heterocycles. The first-order valence-electron chi connectivity index (χ1n) is 11.2. The Labute approximate surface area is 181 Å². The smallest absolute Gasteiger partial charge is 0.340 e. The summed E-state index contributed by atoms with van der Waals surface area (Å²) < 4.78 is 5.45. The molecule has 0 aliphatic rings. The van der Waals surface area contributed by atoms with Crippen molar-refractivity contribution in [1.29, 1.82) is 0 Å². The van der Waals surface area contributed by atoms with E-state index in [9.17, 15) is 4.79 Å². The van der Waals surface area contributed by atoms with E-state index in [2.05, 4.69) is 44.0 Å². The highest BCUT2D eigenvalue weighted by molar-refractivity contribution is 5.96. The zero-order valence-electron chi connectivity index (χ0n) is 18.6. The number of para-hydroxylation sites is 1. The van der Waals surface area contributed by atoms with Crippen LogP contribution in [0.15, 0.2) is 65.2 Å². The molecule has 0 aliphatic heterocycles. The molecule has 0 atom stereocenters. The summed E-state index contributed by atoms with van der Waals surface area (Å²) in [7, 11) is 0. The standard InChI is InChI=1S/C27H35NO2/c1-4-5-6-8-15-24(20-23-13-9-7-10-14-23)21-28-26-17-12-11-16-25(26)27(29)30-19-18-22(2)3/h7,9-14,16-17,20-22H,4-6,8,15,18-19H2,1-3H3/b24-20+,28-21?. The first kappa shape index (κ1) is 23.6. The minimum Gasteiger partial charge on any atom is -0.462 e. The first-order chi connectivity index (χ1) is 14.6. The maximum atomic E-state index is 12.5. The van der Waals surface area contributed by atoms with Crippen molar-refractivity contribution in [3.05, 3.63) is 71.3 Å². The highest BCUT2D eigenvalue weighted by Crippen LogP contribution is 2.21. The van der Waals surface area contributed by atoms with Gasteiger partial charge in [-0.25, -0.2) is 4.79 Å². The summed E-state index contributed by atoms with van der Waals surface area (Å²) in [6.45, 7) is 6.89. The molecule has 160 valence electrons. The number of rotatable bonds is 12. The predicted molar refractivity (Wildman–Crippen MR) is 128 cm³/mol. The summed E-state index contributed by atoms with van der Waals surface area (Å²) >= 11 is 0. The van der Waals surface area contributed by atoms with E-state index in [0.717, 1.165) is 24.8 Å². The number of carbonyl (C=O) groups is 1. The van der Waals surface area contributed by atoms with Crippen LogP contribution < -0.4 is 0 Å². The second kappa shape index (κ2) is 13.5. The Morgan fingerprint density at radius 1 is 1.00 bits per heavy atom. The van der Waals surface area contributed by atoms with Crippen LogP contribution in [-0.2, 0) is 4.74 Å². The molecule has 2 aromatic rings. The topological polar surface area (TPSA) is 38.7 Å². The van der Waals surface area contributed by atoms with E-state index in [1.165, 1.54) is 24.8 Å². The number of nitrogens with zero attached hydrogens (tertiary/aromatic N) is 1. The van der Waals surface area contributed by atoms with Gasteiger partial charge in [0.1, 0.15) is 0 Å². The normalized spacial score (nSPS) is 11.9. The van der Waals surface area contributed by atoms with Crippen LogP contribution in [0.4, 0.5) is 5.69 Å². The molecule has 0 N–H and O–H groups in total. The number of hydrogen-bond acceptors (Lipinski definition) is 3. The molecule has 0 spiro atoms. The number of allylic oxidation sites excluding steroid dienone is 1. The van der Waals surface area contributed by atoms with E-state index in [0.29, 0.717) is 23.8 Å². The van der Waals surface area contributed by atoms with Crippen LogP contribution in [0.25, 0.3) is 6.08 Å². The van der Waals surface area contributed by atoms with Gasteiger partial charge in [0.15, 0.2) is 0 Å². The molecule has 0 unspecified atom stereocenters. The van der Waals surface area contributed by atoms with E-state index in [-0.39, 0.29) is 5.97 Å². The molecule has 0 amide bonds. The average molecular weight is 406 g/mol. The van der Waals surface area contributed by atoms with Gasteiger partial charge in [-0.15, -0.1) is 0 Å². The molecule has 2 aromatic carbocycles. The van der Waals surface area contributed by atoms with Crippen molar-refractivity contribution >= 4 is 23.9 Å². The Morgan fingerprint density at radius 3 is 2.47 bits per heavy atom. The van der Waals surface area contributed by atoms with Gasteiger partial charge in [-0.1, -0.05) is 88.6 Å². The fourth-order valence-electron chi connectivity index (χ4n) is 3.07. The molecule has 0 aromatic heterocycles. The fourth-order valence-corrected chi connectivity index (χ4v) is 3.07. The number of esters is 1. The maximum Gasteiger partial charge on any atom is 0.340 e. The second-order valence-corrected chi connectivity index (χ2v) is 8.03. The molecule has 3 nitrogen and oxygen atoms in total. The van der Waals surface area contributed by atoms with E-state index in [1.807, 2.05) is 42.6 Å². The van der Waals surface area contributed by atoms with Crippen LogP contribution in [0.3, 0.4) is 0 Å². The van der Waals surface area contributed by atoms with Crippen LogP contribution in [-0.4, -0.2) is 18.8 Å². The number of hydrogen-bond donors (Lipinski definition) is 0. The van der Waals surface area contributed by atoms with Gasteiger partial charge < -0.3 is 4.74 Å². The Kier molecular flexibility index (Phi) is 10.6. The highest BCUT2D eigenvalue weighted by Gasteiger charge is 2.12. The molecule has 0 bridgehead atoms. The van der Waals surface area contributed by atoms with Crippen LogP contribution in [0.2, 0.25) is 0 Å². The van der Waals surface area contributed by atoms with Gasteiger partial charge in [-0.05, 0) is 48.4 Å². The predicted octanol–water partition coefficient (Wildman–Crippen LogP) is 7.65. The van der Waals surface area contributed by atoms with Gasteiger partial charge in [0.2, 0.25) is 0 Å². The van der Waals surface area contributed by atoms with Gasteiger partial charge in [-0.2, -0.15) is 0 Å². The average Bonchev–Trinajstić information content (AvgIpc) is 2.75. The molecule has 0 saturated heterocycles. The third-order valence-corrected chi connectivity index (χ3v) is 4.89. The lowest BCUT2D eigenvalue weighted by Crippen LogP contribution is -2.08. The van der Waals surface area contributed by atoms with E-state index < -0.39 is 0 Å². The summed E-state index contributed by atoms with van der Waals surface area (Å²) in [5.41, 5.74) is 3.50. The SMILES string of the molecule is CCCCCC/C(C=Nc1ccccc1C(=O)OCCC(C)C)=C\c1ccccc1. The summed E-state index contributed by atoms with van der Waals surface area (Å²) in [6, 6.07) is 17.7. The minimum atomic E-state index is -0.306. The first-order valence-corrected chi connectivity index (χ1v) is 11.2. The minimum absolute atomic E-state index is 0.306. The molecule has 3 heteroatoms. The maximum absolute atomic E-state index is 12.5. The highest BCUT2D eigenvalue weighted by atomic mass is 16.5. The largest absolute Gasteiger partial charge is 0.462 e. The Hall–Kier alpha value is -2.68. The van der Waals surface area contributed by atoms with Gasteiger partial charge in [0.25, 0.3) is 0 Å². The van der Waals surface area contributed by atoms with Crippen LogP contribution in [0, 0.1) is 5.92 Å². The van der Waals surface area contributed by atoms with E-state index in [1.54, 1.807) is 6.07 Å². The zero-order chi connectivity index (χ0) is 21.6. The summed E-state index contributed by atoms with van der Waals surface area (Å²) in [5, 5.41) is 0. The third kappa shape index (κ3) is 8.77. The molecule has 0 aliphatic carbocycles. The summed E-state index contributed by atoms with van der Waals surface area (Å²) in [5.74, 6) is 0.199. The van der Waals surface area contributed by atoms with Gasteiger partial charge in [-0.3, -0.25) is 4.99 Å². The number of ether oxygens (including phenoxy) is 1. The second-order valence-electron chi connectivity index (χ2n) is 8.03. The lowest BCUT2D eigenvalue weighted by molar-refractivity contribution is 0.0489. The molecule has 2 rings (SSSR count). The van der Waals surface area contributed by atoms with Gasteiger partial charge in [0, 0.05) is 6.21 Å². The summed E-state index contributed by atoms with van der Waals surface area (Å²) in [6.07, 6.45) is 10.7. The molecule has 0 saturated carbocycles. The quantitative estimate of drug-likeness (QED) is 0.207. The molecule has 0 radical (unpaired) electrons. The van der Waals surface area contributed by atoms with Crippen molar-refractivity contribution in [3.8, 4) is 0 Å². The number of aliphatic imine (C=N–C) groups is 1.